The summed E-state index contributed by atoms with van der Waals surface area (Å²) in [6.07, 6.45) is 0. The highest BCUT2D eigenvalue weighted by atomic mass is 79.9. The number of aliphatic hydroxyl groups is 1. The van der Waals surface area contributed by atoms with Crippen molar-refractivity contribution in [2.45, 2.75) is 13.5 Å². The lowest BCUT2D eigenvalue weighted by Crippen LogP contribution is -1.89. The zero-order valence-electron chi connectivity index (χ0n) is 6.06. The van der Waals surface area contributed by atoms with E-state index in [1.165, 1.54) is 0 Å². The van der Waals surface area contributed by atoms with Gasteiger partial charge in [-0.05, 0) is 18.6 Å². The SMILES string of the molecule is Cc1ccc(Br)c(CO)c1Cl. The van der Waals surface area contributed by atoms with E-state index in [-0.39, 0.29) is 6.61 Å². The van der Waals surface area contributed by atoms with Crippen LogP contribution in [-0.4, -0.2) is 5.11 Å². The van der Waals surface area contributed by atoms with Crippen LogP contribution in [0.3, 0.4) is 0 Å². The van der Waals surface area contributed by atoms with Crippen molar-refractivity contribution in [1.29, 1.82) is 0 Å². The van der Waals surface area contributed by atoms with Gasteiger partial charge in [0.1, 0.15) is 0 Å². The van der Waals surface area contributed by atoms with Crippen molar-refractivity contribution in [3.8, 4) is 0 Å². The number of rotatable bonds is 1. The Hall–Kier alpha value is -0.0500. The molecule has 60 valence electrons. The number of aliphatic hydroxyl groups excluding tert-OH is 1. The first-order valence-corrected chi connectivity index (χ1v) is 4.38. The largest absolute Gasteiger partial charge is 0.392 e. The predicted molar refractivity (Wildman–Crippen MR) is 49.8 cm³/mol. The lowest BCUT2D eigenvalue weighted by atomic mass is 10.1. The van der Waals surface area contributed by atoms with Crippen LogP contribution in [0.1, 0.15) is 11.1 Å². The summed E-state index contributed by atoms with van der Waals surface area (Å²) in [6.45, 7) is 1.88. The molecule has 0 atom stereocenters. The molecule has 0 aliphatic heterocycles. The van der Waals surface area contributed by atoms with Gasteiger partial charge in [-0.25, -0.2) is 0 Å². The molecule has 3 heteroatoms. The van der Waals surface area contributed by atoms with E-state index in [1.807, 2.05) is 19.1 Å². The fourth-order valence-electron chi connectivity index (χ4n) is 0.860. The third-order valence-corrected chi connectivity index (χ3v) is 2.81. The van der Waals surface area contributed by atoms with Gasteiger partial charge in [0.2, 0.25) is 0 Å². The van der Waals surface area contributed by atoms with Gasteiger partial charge >= 0.3 is 0 Å². The zero-order chi connectivity index (χ0) is 8.43. The zero-order valence-corrected chi connectivity index (χ0v) is 8.41. The standard InChI is InChI=1S/C8H8BrClO/c1-5-2-3-7(9)6(4-11)8(5)10/h2-3,11H,4H2,1H3. The van der Waals surface area contributed by atoms with E-state index >= 15 is 0 Å². The normalized spacial score (nSPS) is 10.2. The number of benzene rings is 1. The molecule has 0 unspecified atom stereocenters. The van der Waals surface area contributed by atoms with Crippen molar-refractivity contribution in [2.75, 3.05) is 0 Å². The second-order valence-electron chi connectivity index (χ2n) is 2.31. The minimum Gasteiger partial charge on any atom is -0.392 e. The van der Waals surface area contributed by atoms with Crippen LogP contribution < -0.4 is 0 Å². The van der Waals surface area contributed by atoms with Crippen LogP contribution in [0.5, 0.6) is 0 Å². The second-order valence-corrected chi connectivity index (χ2v) is 3.55. The fraction of sp³-hybridized carbons (Fsp3) is 0.250. The molecule has 0 saturated carbocycles. The van der Waals surface area contributed by atoms with Crippen molar-refractivity contribution in [3.63, 3.8) is 0 Å². The Morgan fingerprint density at radius 1 is 1.55 bits per heavy atom. The smallest absolute Gasteiger partial charge is 0.0707 e. The number of aryl methyl sites for hydroxylation is 1. The summed E-state index contributed by atoms with van der Waals surface area (Å²) in [7, 11) is 0. The molecule has 0 bridgehead atoms. The van der Waals surface area contributed by atoms with Crippen LogP contribution in [0.2, 0.25) is 5.02 Å². The van der Waals surface area contributed by atoms with Crippen LogP contribution in [0.4, 0.5) is 0 Å². The second kappa shape index (κ2) is 3.57. The molecule has 1 aromatic rings. The first-order chi connectivity index (χ1) is 5.16. The number of halogens is 2. The molecule has 11 heavy (non-hydrogen) atoms. The van der Waals surface area contributed by atoms with Crippen LogP contribution in [0.25, 0.3) is 0 Å². The van der Waals surface area contributed by atoms with Crippen molar-refractivity contribution in [3.05, 3.63) is 32.8 Å². The molecular formula is C8H8BrClO. The molecule has 0 amide bonds. The summed E-state index contributed by atoms with van der Waals surface area (Å²) >= 11 is 9.21. The summed E-state index contributed by atoms with van der Waals surface area (Å²) in [6, 6.07) is 3.79. The lowest BCUT2D eigenvalue weighted by Gasteiger charge is -2.05. The lowest BCUT2D eigenvalue weighted by molar-refractivity contribution is 0.281. The minimum atomic E-state index is -0.0267. The van der Waals surface area contributed by atoms with Gasteiger partial charge in [-0.15, -0.1) is 0 Å². The molecule has 1 rings (SSSR count). The third-order valence-electron chi connectivity index (χ3n) is 1.54. The van der Waals surface area contributed by atoms with Crippen LogP contribution >= 0.6 is 27.5 Å². The quantitative estimate of drug-likeness (QED) is 0.793. The van der Waals surface area contributed by atoms with Gasteiger partial charge in [-0.3, -0.25) is 0 Å². The van der Waals surface area contributed by atoms with Crippen molar-refractivity contribution >= 4 is 27.5 Å². The number of hydrogen-bond donors (Lipinski definition) is 1. The minimum absolute atomic E-state index is 0.0267. The first-order valence-electron chi connectivity index (χ1n) is 3.21. The summed E-state index contributed by atoms with van der Waals surface area (Å²) < 4.78 is 0.857. The molecule has 0 radical (unpaired) electrons. The monoisotopic (exact) mass is 234 g/mol. The molecule has 0 fully saturated rings. The molecule has 0 spiro atoms. The highest BCUT2D eigenvalue weighted by Gasteiger charge is 2.05. The first kappa shape index (κ1) is 9.04. The summed E-state index contributed by atoms with van der Waals surface area (Å²) in [5.74, 6) is 0. The highest BCUT2D eigenvalue weighted by molar-refractivity contribution is 9.10. The van der Waals surface area contributed by atoms with E-state index < -0.39 is 0 Å². The van der Waals surface area contributed by atoms with Gasteiger partial charge in [0.25, 0.3) is 0 Å². The van der Waals surface area contributed by atoms with E-state index in [4.69, 9.17) is 16.7 Å². The van der Waals surface area contributed by atoms with E-state index in [0.717, 1.165) is 15.6 Å². The average Bonchev–Trinajstić information content (AvgIpc) is 1.99. The molecule has 0 aliphatic carbocycles. The molecule has 0 aromatic heterocycles. The Morgan fingerprint density at radius 2 is 2.18 bits per heavy atom. The summed E-state index contributed by atoms with van der Waals surface area (Å²) in [5, 5.41) is 9.55. The average molecular weight is 236 g/mol. The Kier molecular flexibility index (Phi) is 2.93. The predicted octanol–water partition coefficient (Wildman–Crippen LogP) is 2.90. The maximum absolute atomic E-state index is 8.91. The van der Waals surface area contributed by atoms with Crippen molar-refractivity contribution < 1.29 is 5.11 Å². The topological polar surface area (TPSA) is 20.2 Å². The van der Waals surface area contributed by atoms with E-state index in [2.05, 4.69) is 15.9 Å². The summed E-state index contributed by atoms with van der Waals surface area (Å²) in [4.78, 5) is 0. The fourth-order valence-corrected chi connectivity index (χ4v) is 1.65. The van der Waals surface area contributed by atoms with E-state index in [0.29, 0.717) is 5.02 Å². The molecule has 0 aliphatic rings. The van der Waals surface area contributed by atoms with Crippen LogP contribution in [-0.2, 0) is 6.61 Å². The van der Waals surface area contributed by atoms with Crippen molar-refractivity contribution in [1.82, 2.24) is 0 Å². The van der Waals surface area contributed by atoms with Crippen LogP contribution in [0, 0.1) is 6.92 Å². The maximum atomic E-state index is 8.91. The van der Waals surface area contributed by atoms with Gasteiger partial charge < -0.3 is 5.11 Å². The highest BCUT2D eigenvalue weighted by Crippen LogP contribution is 2.27. The Balaban J connectivity index is 3.29. The molecule has 0 heterocycles. The van der Waals surface area contributed by atoms with Gasteiger partial charge in [-0.2, -0.15) is 0 Å². The van der Waals surface area contributed by atoms with Crippen LogP contribution in [0.15, 0.2) is 16.6 Å². The Labute approximate surface area is 79.1 Å². The van der Waals surface area contributed by atoms with Crippen molar-refractivity contribution in [2.24, 2.45) is 0 Å². The van der Waals surface area contributed by atoms with Gasteiger partial charge in [-0.1, -0.05) is 33.6 Å². The van der Waals surface area contributed by atoms with Gasteiger partial charge in [0.05, 0.1) is 11.6 Å². The molecular weight excluding hydrogens is 227 g/mol. The Bertz CT molecular complexity index is 273. The van der Waals surface area contributed by atoms with E-state index in [1.54, 1.807) is 0 Å². The third kappa shape index (κ3) is 1.75. The number of hydrogen-bond acceptors (Lipinski definition) is 1. The van der Waals surface area contributed by atoms with Gasteiger partial charge in [0, 0.05) is 10.0 Å². The molecule has 1 N–H and O–H groups in total. The molecule has 0 saturated heterocycles. The van der Waals surface area contributed by atoms with Gasteiger partial charge in [0.15, 0.2) is 0 Å². The van der Waals surface area contributed by atoms with E-state index in [9.17, 15) is 0 Å². The summed E-state index contributed by atoms with van der Waals surface area (Å²) in [5.41, 5.74) is 1.74. The Morgan fingerprint density at radius 3 is 2.64 bits per heavy atom. The molecule has 1 nitrogen and oxygen atoms in total. The maximum Gasteiger partial charge on any atom is 0.0707 e. The molecule has 1 aromatic carbocycles.